The topological polar surface area (TPSA) is 74.0 Å². The van der Waals surface area contributed by atoms with Crippen LogP contribution >= 0.6 is 15.9 Å². The summed E-state index contributed by atoms with van der Waals surface area (Å²) in [4.78, 5) is 26.5. The molecule has 0 aliphatic rings. The molecule has 0 atom stereocenters. The normalized spacial score (nSPS) is 10.2. The number of rotatable bonds is 4. The van der Waals surface area contributed by atoms with Gasteiger partial charge in [0.25, 0.3) is 5.91 Å². The Hall–Kier alpha value is -2.08. The lowest BCUT2D eigenvalue weighted by atomic mass is 10.1. The van der Waals surface area contributed by atoms with Crippen molar-refractivity contribution in [3.63, 3.8) is 0 Å². The lowest BCUT2D eigenvalue weighted by Crippen LogP contribution is -2.15. The van der Waals surface area contributed by atoms with E-state index in [1.165, 1.54) is 0 Å². The minimum absolute atomic E-state index is 0.0603. The van der Waals surface area contributed by atoms with Crippen LogP contribution in [0.3, 0.4) is 0 Å². The van der Waals surface area contributed by atoms with E-state index in [0.717, 1.165) is 10.0 Å². The zero-order valence-electron chi connectivity index (χ0n) is 11.8. The van der Waals surface area contributed by atoms with E-state index in [4.69, 9.17) is 0 Å². The van der Waals surface area contributed by atoms with Crippen LogP contribution in [0.2, 0.25) is 0 Å². The summed E-state index contributed by atoms with van der Waals surface area (Å²) in [5.74, 6) is -0.294. The highest BCUT2D eigenvalue weighted by molar-refractivity contribution is 9.10. The molecule has 5 nitrogen and oxygen atoms in total. The first-order chi connectivity index (χ1) is 10.0. The molecule has 1 heterocycles. The molecule has 2 aromatic rings. The third-order valence-corrected chi connectivity index (χ3v) is 3.53. The highest BCUT2D eigenvalue weighted by Gasteiger charge is 2.12. The fourth-order valence-corrected chi connectivity index (χ4v) is 2.18. The Morgan fingerprint density at radius 2 is 1.90 bits per heavy atom. The average Bonchev–Trinajstić information content (AvgIpc) is 2.89. The van der Waals surface area contributed by atoms with Gasteiger partial charge in [-0.2, -0.15) is 0 Å². The van der Waals surface area contributed by atoms with Crippen LogP contribution in [-0.2, 0) is 4.79 Å². The van der Waals surface area contributed by atoms with Crippen LogP contribution in [0, 0.1) is 6.92 Å². The lowest BCUT2D eigenvalue weighted by molar-refractivity contribution is -0.115. The van der Waals surface area contributed by atoms with Crippen molar-refractivity contribution in [2.24, 2.45) is 0 Å². The second-order valence-corrected chi connectivity index (χ2v) is 5.48. The van der Waals surface area contributed by atoms with Gasteiger partial charge >= 0.3 is 0 Å². The number of anilines is 2. The molecule has 0 radical (unpaired) electrons. The molecule has 110 valence electrons. The number of hydrogen-bond acceptors (Lipinski definition) is 2. The lowest BCUT2D eigenvalue weighted by Gasteiger charge is -2.12. The molecule has 0 aliphatic heterocycles. The van der Waals surface area contributed by atoms with Gasteiger partial charge < -0.3 is 15.6 Å². The Balaban J connectivity index is 2.18. The summed E-state index contributed by atoms with van der Waals surface area (Å²) in [5.41, 5.74) is 2.65. The first-order valence-corrected chi connectivity index (χ1v) is 7.35. The Labute approximate surface area is 131 Å². The zero-order valence-corrected chi connectivity index (χ0v) is 13.4. The predicted molar refractivity (Wildman–Crippen MR) is 86.5 cm³/mol. The quantitative estimate of drug-likeness (QED) is 0.787. The third kappa shape index (κ3) is 3.72. The van der Waals surface area contributed by atoms with Gasteiger partial charge in [0.05, 0.1) is 0 Å². The van der Waals surface area contributed by atoms with Crippen LogP contribution in [0.15, 0.2) is 34.9 Å². The fraction of sp³-hybridized carbons (Fsp3) is 0.200. The standard InChI is InChI=1S/C15H16BrN3O2/c1-3-14(20)18-11-5-4-6-12(9(11)2)19-15(21)13-7-10(16)8-17-13/h4-8,17H,3H2,1-2H3,(H,18,20)(H,19,21). The Morgan fingerprint density at radius 1 is 1.24 bits per heavy atom. The van der Waals surface area contributed by atoms with Gasteiger partial charge in [0.2, 0.25) is 5.91 Å². The van der Waals surface area contributed by atoms with E-state index in [0.29, 0.717) is 23.5 Å². The number of carbonyl (C=O) groups excluding carboxylic acids is 2. The average molecular weight is 350 g/mol. The molecular weight excluding hydrogens is 334 g/mol. The molecule has 0 saturated carbocycles. The summed E-state index contributed by atoms with van der Waals surface area (Å²) in [6.45, 7) is 3.64. The van der Waals surface area contributed by atoms with Crippen LogP contribution in [0.25, 0.3) is 0 Å². The molecule has 0 bridgehead atoms. The van der Waals surface area contributed by atoms with E-state index in [1.807, 2.05) is 13.0 Å². The number of nitrogens with one attached hydrogen (secondary N) is 3. The van der Waals surface area contributed by atoms with Crippen LogP contribution in [0.1, 0.15) is 29.4 Å². The second kappa shape index (κ2) is 6.58. The number of halogens is 1. The highest BCUT2D eigenvalue weighted by Crippen LogP contribution is 2.24. The fourth-order valence-electron chi connectivity index (χ4n) is 1.83. The van der Waals surface area contributed by atoms with Crippen LogP contribution < -0.4 is 10.6 Å². The Bertz CT molecular complexity index is 679. The molecule has 1 aromatic carbocycles. The van der Waals surface area contributed by atoms with E-state index in [-0.39, 0.29) is 11.8 Å². The van der Waals surface area contributed by atoms with Gasteiger partial charge in [-0.3, -0.25) is 9.59 Å². The molecule has 0 unspecified atom stereocenters. The van der Waals surface area contributed by atoms with Crippen molar-refractivity contribution < 1.29 is 9.59 Å². The van der Waals surface area contributed by atoms with E-state index in [2.05, 4.69) is 31.5 Å². The Kier molecular flexibility index (Phi) is 4.80. The van der Waals surface area contributed by atoms with Crippen LogP contribution in [-0.4, -0.2) is 16.8 Å². The summed E-state index contributed by atoms with van der Waals surface area (Å²) in [7, 11) is 0. The van der Waals surface area contributed by atoms with Gasteiger partial charge in [-0.15, -0.1) is 0 Å². The molecule has 3 N–H and O–H groups in total. The minimum Gasteiger partial charge on any atom is -0.356 e. The number of carbonyl (C=O) groups is 2. The van der Waals surface area contributed by atoms with Gasteiger partial charge in [0, 0.05) is 28.5 Å². The maximum absolute atomic E-state index is 12.1. The summed E-state index contributed by atoms with van der Waals surface area (Å²) >= 11 is 3.29. The van der Waals surface area contributed by atoms with Gasteiger partial charge in [0.1, 0.15) is 5.69 Å². The number of amides is 2. The number of aromatic amines is 1. The van der Waals surface area contributed by atoms with E-state index < -0.39 is 0 Å². The SMILES string of the molecule is CCC(=O)Nc1cccc(NC(=O)c2cc(Br)c[nH]2)c1C. The summed E-state index contributed by atoms with van der Waals surface area (Å²) < 4.78 is 0.813. The maximum atomic E-state index is 12.1. The van der Waals surface area contributed by atoms with Gasteiger partial charge in [0.15, 0.2) is 0 Å². The predicted octanol–water partition coefficient (Wildman–Crippen LogP) is 3.69. The third-order valence-electron chi connectivity index (χ3n) is 3.07. The van der Waals surface area contributed by atoms with E-state index in [1.54, 1.807) is 31.3 Å². The van der Waals surface area contributed by atoms with Crippen molar-refractivity contribution in [2.75, 3.05) is 10.6 Å². The molecule has 2 amide bonds. The van der Waals surface area contributed by atoms with Crippen molar-refractivity contribution in [1.82, 2.24) is 4.98 Å². The molecule has 6 heteroatoms. The number of H-pyrrole nitrogens is 1. The summed E-state index contributed by atoms with van der Waals surface area (Å²) in [6.07, 6.45) is 2.10. The molecular formula is C15H16BrN3O2. The summed E-state index contributed by atoms with van der Waals surface area (Å²) in [5, 5.41) is 5.64. The Morgan fingerprint density at radius 3 is 2.48 bits per heavy atom. The van der Waals surface area contributed by atoms with Gasteiger partial charge in [-0.05, 0) is 46.6 Å². The molecule has 21 heavy (non-hydrogen) atoms. The monoisotopic (exact) mass is 349 g/mol. The van der Waals surface area contributed by atoms with Crippen LogP contribution in [0.5, 0.6) is 0 Å². The van der Waals surface area contributed by atoms with Crippen molar-refractivity contribution in [2.45, 2.75) is 20.3 Å². The van der Waals surface area contributed by atoms with Crippen molar-refractivity contribution >= 4 is 39.1 Å². The summed E-state index contributed by atoms with van der Waals surface area (Å²) in [6, 6.07) is 7.10. The van der Waals surface area contributed by atoms with Gasteiger partial charge in [-0.25, -0.2) is 0 Å². The molecule has 0 aliphatic carbocycles. The molecule has 0 fully saturated rings. The van der Waals surface area contributed by atoms with E-state index in [9.17, 15) is 9.59 Å². The second-order valence-electron chi connectivity index (χ2n) is 4.57. The number of aromatic nitrogens is 1. The number of hydrogen-bond donors (Lipinski definition) is 3. The van der Waals surface area contributed by atoms with Crippen LogP contribution in [0.4, 0.5) is 11.4 Å². The highest BCUT2D eigenvalue weighted by atomic mass is 79.9. The van der Waals surface area contributed by atoms with Crippen molar-refractivity contribution in [3.05, 3.63) is 46.2 Å². The molecule has 2 rings (SSSR count). The molecule has 0 spiro atoms. The molecule has 1 aromatic heterocycles. The maximum Gasteiger partial charge on any atom is 0.272 e. The smallest absolute Gasteiger partial charge is 0.272 e. The number of benzene rings is 1. The zero-order chi connectivity index (χ0) is 15.4. The van der Waals surface area contributed by atoms with Crippen molar-refractivity contribution in [1.29, 1.82) is 0 Å². The van der Waals surface area contributed by atoms with Gasteiger partial charge in [-0.1, -0.05) is 13.0 Å². The van der Waals surface area contributed by atoms with E-state index >= 15 is 0 Å². The minimum atomic E-state index is -0.234. The first kappa shape index (κ1) is 15.3. The largest absolute Gasteiger partial charge is 0.356 e. The first-order valence-electron chi connectivity index (χ1n) is 6.56. The molecule has 0 saturated heterocycles. The van der Waals surface area contributed by atoms with Crippen molar-refractivity contribution in [3.8, 4) is 0 Å².